The fourth-order valence-electron chi connectivity index (χ4n) is 4.44. The molecule has 7 nitrogen and oxygen atoms in total. The third-order valence-electron chi connectivity index (χ3n) is 6.49. The van der Waals surface area contributed by atoms with E-state index in [4.69, 9.17) is 4.74 Å². The molecule has 2 heterocycles. The average Bonchev–Trinajstić information content (AvgIpc) is 3.21. The fraction of sp³-hybridized carbons (Fsp3) is 0.680. The van der Waals surface area contributed by atoms with Gasteiger partial charge < -0.3 is 24.7 Å². The highest BCUT2D eigenvalue weighted by Crippen LogP contribution is 2.30. The van der Waals surface area contributed by atoms with Crippen LogP contribution in [0.2, 0.25) is 0 Å². The summed E-state index contributed by atoms with van der Waals surface area (Å²) in [4.78, 5) is 21.8. The second-order valence-electron chi connectivity index (χ2n) is 9.45. The van der Waals surface area contributed by atoms with E-state index in [2.05, 4.69) is 42.6 Å². The normalized spacial score (nSPS) is 23.6. The molecule has 1 amide bonds. The van der Waals surface area contributed by atoms with Gasteiger partial charge in [0, 0.05) is 30.8 Å². The first-order chi connectivity index (χ1) is 15.3. The summed E-state index contributed by atoms with van der Waals surface area (Å²) in [6.45, 7) is 8.11. The van der Waals surface area contributed by atoms with Crippen molar-refractivity contribution < 1.29 is 19.7 Å². The van der Waals surface area contributed by atoms with Gasteiger partial charge in [0.15, 0.2) is 0 Å². The van der Waals surface area contributed by atoms with E-state index in [1.54, 1.807) is 17.2 Å². The van der Waals surface area contributed by atoms with Crippen LogP contribution in [0.5, 0.6) is 5.88 Å². The molecular weight excluding hydrogens is 406 g/mol. The summed E-state index contributed by atoms with van der Waals surface area (Å²) in [6, 6.07) is 1.38. The van der Waals surface area contributed by atoms with Crippen molar-refractivity contribution in [3.63, 3.8) is 0 Å². The van der Waals surface area contributed by atoms with Gasteiger partial charge in [0.2, 0.25) is 5.88 Å². The Hall–Kier alpha value is -2.14. The largest absolute Gasteiger partial charge is 0.472 e. The number of carbonyl (C=O) groups excluding carboxylic acids is 1. The van der Waals surface area contributed by atoms with Gasteiger partial charge in [0.1, 0.15) is 17.3 Å². The molecule has 1 aromatic rings. The van der Waals surface area contributed by atoms with Crippen LogP contribution in [0.1, 0.15) is 68.8 Å². The van der Waals surface area contributed by atoms with Gasteiger partial charge in [-0.05, 0) is 58.7 Å². The molecule has 0 spiro atoms. The SMILES string of the molecule is CCCN(C)C[C@@H]1Oc2ncc(C#CC3(O)CCCC3)cc2C(=O)N([C@@H](C)CO)C[C@@H]1C. The number of rotatable bonds is 6. The number of amides is 1. The quantitative estimate of drug-likeness (QED) is 0.656. The van der Waals surface area contributed by atoms with Gasteiger partial charge in [-0.2, -0.15) is 0 Å². The van der Waals surface area contributed by atoms with E-state index < -0.39 is 5.60 Å². The minimum Gasteiger partial charge on any atom is -0.472 e. The number of ether oxygens (including phenoxy) is 1. The predicted molar refractivity (Wildman–Crippen MR) is 123 cm³/mol. The van der Waals surface area contributed by atoms with Crippen LogP contribution in [0.25, 0.3) is 0 Å². The summed E-state index contributed by atoms with van der Waals surface area (Å²) in [5.41, 5.74) is -0.0245. The third-order valence-corrected chi connectivity index (χ3v) is 6.49. The molecule has 2 aliphatic rings. The van der Waals surface area contributed by atoms with Gasteiger partial charge in [-0.1, -0.05) is 25.7 Å². The number of carbonyl (C=O) groups is 1. The first-order valence-corrected chi connectivity index (χ1v) is 11.8. The van der Waals surface area contributed by atoms with Crippen molar-refractivity contribution in [3.05, 3.63) is 23.4 Å². The lowest BCUT2D eigenvalue weighted by atomic mass is 9.99. The lowest BCUT2D eigenvalue weighted by Gasteiger charge is -2.37. The van der Waals surface area contributed by atoms with Gasteiger partial charge in [0.05, 0.1) is 12.6 Å². The van der Waals surface area contributed by atoms with E-state index in [1.807, 2.05) is 6.92 Å². The number of aromatic nitrogens is 1. The second kappa shape index (κ2) is 10.7. The number of pyridine rings is 1. The van der Waals surface area contributed by atoms with Gasteiger partial charge in [-0.15, -0.1) is 0 Å². The van der Waals surface area contributed by atoms with Crippen LogP contribution in [-0.2, 0) is 0 Å². The zero-order valence-corrected chi connectivity index (χ0v) is 19.8. The van der Waals surface area contributed by atoms with Gasteiger partial charge in [-0.25, -0.2) is 4.98 Å². The van der Waals surface area contributed by atoms with E-state index in [-0.39, 0.29) is 30.6 Å². The standard InChI is InChI=1S/C25H37N3O4/c1-5-12-27(4)16-22-18(2)15-28(19(3)17-29)24(30)21-13-20(14-26-23(21)32-22)8-11-25(31)9-6-7-10-25/h13-14,18-19,22,29,31H,5-7,9-10,12,15-17H2,1-4H3/t18-,19-,22-/m0/s1. The number of aliphatic hydroxyl groups excluding tert-OH is 1. The first kappa shape index (κ1) is 24.5. The lowest BCUT2D eigenvalue weighted by Crippen LogP contribution is -2.50. The molecule has 0 aromatic carbocycles. The van der Waals surface area contributed by atoms with Crippen molar-refractivity contribution in [3.8, 4) is 17.7 Å². The maximum atomic E-state index is 13.4. The highest BCUT2D eigenvalue weighted by atomic mass is 16.5. The molecule has 1 saturated carbocycles. The van der Waals surface area contributed by atoms with Crippen LogP contribution < -0.4 is 4.74 Å². The maximum absolute atomic E-state index is 13.4. The first-order valence-electron chi connectivity index (χ1n) is 11.8. The van der Waals surface area contributed by atoms with E-state index in [0.29, 0.717) is 36.4 Å². The molecule has 0 bridgehead atoms. The zero-order chi connectivity index (χ0) is 23.3. The van der Waals surface area contributed by atoms with E-state index >= 15 is 0 Å². The summed E-state index contributed by atoms with van der Waals surface area (Å²) in [7, 11) is 2.07. The molecule has 1 aliphatic heterocycles. The Labute approximate surface area is 191 Å². The van der Waals surface area contributed by atoms with Crippen molar-refractivity contribution in [2.45, 2.75) is 70.6 Å². The highest BCUT2D eigenvalue weighted by Gasteiger charge is 2.34. The molecule has 176 valence electrons. The average molecular weight is 444 g/mol. The fourth-order valence-corrected chi connectivity index (χ4v) is 4.44. The van der Waals surface area contributed by atoms with Crippen molar-refractivity contribution in [2.75, 3.05) is 33.3 Å². The monoisotopic (exact) mass is 443 g/mol. The molecule has 3 rings (SSSR count). The summed E-state index contributed by atoms with van der Waals surface area (Å²) >= 11 is 0. The van der Waals surface area contributed by atoms with Crippen molar-refractivity contribution in [1.29, 1.82) is 0 Å². The van der Waals surface area contributed by atoms with Crippen LogP contribution in [0.3, 0.4) is 0 Å². The van der Waals surface area contributed by atoms with Gasteiger partial charge in [0.25, 0.3) is 5.91 Å². The summed E-state index contributed by atoms with van der Waals surface area (Å²) in [5.74, 6) is 6.14. The molecule has 1 aromatic heterocycles. The molecular formula is C25H37N3O4. The molecule has 0 radical (unpaired) electrons. The number of aliphatic hydroxyl groups is 2. The molecule has 2 N–H and O–H groups in total. The summed E-state index contributed by atoms with van der Waals surface area (Å²) in [6.07, 6.45) is 5.80. The Morgan fingerprint density at radius 1 is 1.41 bits per heavy atom. The predicted octanol–water partition coefficient (Wildman–Crippen LogP) is 2.30. The number of nitrogens with zero attached hydrogens (tertiary/aromatic N) is 3. The number of fused-ring (bicyclic) bond motifs is 1. The van der Waals surface area contributed by atoms with Crippen LogP contribution >= 0.6 is 0 Å². The van der Waals surface area contributed by atoms with Crippen molar-refractivity contribution in [1.82, 2.24) is 14.8 Å². The van der Waals surface area contributed by atoms with E-state index in [1.165, 1.54) is 0 Å². The van der Waals surface area contributed by atoms with E-state index in [9.17, 15) is 15.0 Å². The van der Waals surface area contributed by atoms with Gasteiger partial charge in [-0.3, -0.25) is 4.79 Å². The van der Waals surface area contributed by atoms with E-state index in [0.717, 1.165) is 32.4 Å². The summed E-state index contributed by atoms with van der Waals surface area (Å²) in [5, 5.41) is 20.3. The highest BCUT2D eigenvalue weighted by molar-refractivity contribution is 5.97. The van der Waals surface area contributed by atoms with Gasteiger partial charge >= 0.3 is 0 Å². The molecule has 32 heavy (non-hydrogen) atoms. The minimum absolute atomic E-state index is 0.0679. The topological polar surface area (TPSA) is 86.1 Å². The van der Waals surface area contributed by atoms with Crippen LogP contribution in [0, 0.1) is 17.8 Å². The lowest BCUT2D eigenvalue weighted by molar-refractivity contribution is 0.0331. The zero-order valence-electron chi connectivity index (χ0n) is 19.8. The number of hydrogen-bond donors (Lipinski definition) is 2. The Kier molecular flexibility index (Phi) is 8.16. The Bertz CT molecular complexity index is 856. The molecule has 0 unspecified atom stereocenters. The van der Waals surface area contributed by atoms with Crippen LogP contribution in [-0.4, -0.2) is 81.9 Å². The van der Waals surface area contributed by atoms with Crippen molar-refractivity contribution in [2.24, 2.45) is 5.92 Å². The number of likely N-dealkylation sites (N-methyl/N-ethyl adjacent to an activating group) is 1. The molecule has 1 fully saturated rings. The number of hydrogen-bond acceptors (Lipinski definition) is 6. The molecule has 7 heteroatoms. The maximum Gasteiger partial charge on any atom is 0.259 e. The third kappa shape index (κ3) is 5.80. The Morgan fingerprint density at radius 2 is 2.12 bits per heavy atom. The molecule has 0 saturated heterocycles. The minimum atomic E-state index is -0.952. The van der Waals surface area contributed by atoms with Crippen molar-refractivity contribution >= 4 is 5.91 Å². The molecule has 3 atom stereocenters. The second-order valence-corrected chi connectivity index (χ2v) is 9.45. The summed E-state index contributed by atoms with van der Waals surface area (Å²) < 4.78 is 6.29. The van der Waals surface area contributed by atoms with Crippen LogP contribution in [0.15, 0.2) is 12.3 Å². The Balaban J connectivity index is 1.95. The Morgan fingerprint density at radius 3 is 2.78 bits per heavy atom. The van der Waals surface area contributed by atoms with Crippen LogP contribution in [0.4, 0.5) is 0 Å². The molecule has 1 aliphatic carbocycles. The smallest absolute Gasteiger partial charge is 0.259 e.